The van der Waals surface area contributed by atoms with Gasteiger partial charge in [-0.25, -0.2) is 8.78 Å². The van der Waals surface area contributed by atoms with Crippen molar-refractivity contribution in [2.75, 3.05) is 9.80 Å². The average Bonchev–Trinajstić information content (AvgIpc) is 3.88. The molecule has 0 N–H and O–H groups in total. The van der Waals surface area contributed by atoms with E-state index in [0.29, 0.717) is 0 Å². The molecule has 0 unspecified atom stereocenters. The lowest BCUT2D eigenvalue weighted by Crippen LogP contribution is -2.16. The van der Waals surface area contributed by atoms with E-state index in [1.807, 2.05) is 36.4 Å². The van der Waals surface area contributed by atoms with Gasteiger partial charge in [0.05, 0.1) is 22.1 Å². The van der Waals surface area contributed by atoms with Gasteiger partial charge in [0.25, 0.3) is 0 Å². The van der Waals surface area contributed by atoms with Crippen molar-refractivity contribution in [1.82, 2.24) is 9.13 Å². The third-order valence-corrected chi connectivity index (χ3v) is 12.8. The summed E-state index contributed by atoms with van der Waals surface area (Å²) in [6, 6.07) is 71.7. The molecule has 316 valence electrons. The lowest BCUT2D eigenvalue weighted by Gasteiger charge is -2.28. The van der Waals surface area contributed by atoms with Gasteiger partial charge in [0.2, 0.25) is 0 Å². The largest absolute Gasteiger partial charge is 0.311 e. The highest BCUT2D eigenvalue weighted by Gasteiger charge is 2.20. The summed E-state index contributed by atoms with van der Waals surface area (Å²) in [6.45, 7) is 0. The summed E-state index contributed by atoms with van der Waals surface area (Å²) in [4.78, 5) is 4.64. The third kappa shape index (κ3) is 6.82. The third-order valence-electron chi connectivity index (χ3n) is 12.8. The van der Waals surface area contributed by atoms with Crippen LogP contribution in [0.25, 0.3) is 66.1 Å². The topological polar surface area (TPSA) is 16.3 Å². The van der Waals surface area contributed by atoms with Gasteiger partial charge < -0.3 is 18.9 Å². The molecule has 11 aromatic rings. The minimum atomic E-state index is -0.253. The second kappa shape index (κ2) is 16.3. The number of halogens is 2. The number of hydrogen-bond donors (Lipinski definition) is 0. The lowest BCUT2D eigenvalue weighted by atomic mass is 10.0. The molecule has 0 atom stereocenters. The zero-order valence-corrected chi connectivity index (χ0v) is 35.9. The molecular formula is C60H42F2N4. The second-order valence-corrected chi connectivity index (χ2v) is 16.8. The molecule has 0 saturated carbocycles. The molecule has 0 fully saturated rings. The van der Waals surface area contributed by atoms with Crippen molar-refractivity contribution in [3.63, 3.8) is 0 Å². The van der Waals surface area contributed by atoms with Crippen LogP contribution in [-0.4, -0.2) is 9.13 Å². The molecule has 0 aliphatic heterocycles. The van der Waals surface area contributed by atoms with Crippen molar-refractivity contribution in [1.29, 1.82) is 0 Å². The Morgan fingerprint density at radius 1 is 0.348 bits per heavy atom. The van der Waals surface area contributed by atoms with Crippen LogP contribution in [0.5, 0.6) is 0 Å². The Morgan fingerprint density at radius 2 is 0.773 bits per heavy atom. The Balaban J connectivity index is 0.895. The van der Waals surface area contributed by atoms with Crippen LogP contribution in [0.1, 0.15) is 12.8 Å². The lowest BCUT2D eigenvalue weighted by molar-refractivity contribution is 0.627. The standard InChI is InChI=1S/C60H42F2N4/c61-43-23-31-49(32-24-43)65-57-17-9-7-15-53(57)55-39-51(35-37-59(55)65)63(45-11-3-1-4-12-45)47-27-19-41(20-28-47)42-21-29-48(30-22-42)64(46-13-5-2-6-14-46)52-36-38-60-56(40-52)54-16-8-10-18-58(54)66(60)50-33-25-44(62)26-34-50/h1,3-5,7-40H,2,6H2. The molecule has 12 rings (SSSR count). The van der Waals surface area contributed by atoms with Gasteiger partial charge in [0.15, 0.2) is 0 Å². The maximum atomic E-state index is 14.0. The predicted molar refractivity (Wildman–Crippen MR) is 270 cm³/mol. The second-order valence-electron chi connectivity index (χ2n) is 16.8. The van der Waals surface area contributed by atoms with Crippen molar-refractivity contribution in [2.45, 2.75) is 12.8 Å². The average molecular weight is 857 g/mol. The first-order valence-electron chi connectivity index (χ1n) is 22.4. The first-order chi connectivity index (χ1) is 32.6. The molecular weight excluding hydrogens is 815 g/mol. The van der Waals surface area contributed by atoms with Crippen molar-refractivity contribution in [3.8, 4) is 22.5 Å². The Labute approximate surface area is 381 Å². The molecule has 4 nitrogen and oxygen atoms in total. The molecule has 9 aromatic carbocycles. The van der Waals surface area contributed by atoms with Crippen molar-refractivity contribution < 1.29 is 8.78 Å². The monoisotopic (exact) mass is 856 g/mol. The van der Waals surface area contributed by atoms with E-state index in [1.54, 1.807) is 0 Å². The molecule has 1 aliphatic rings. The summed E-state index contributed by atoms with van der Waals surface area (Å²) in [5.74, 6) is -0.503. The van der Waals surface area contributed by atoms with Gasteiger partial charge in [-0.3, -0.25) is 0 Å². The van der Waals surface area contributed by atoms with Gasteiger partial charge >= 0.3 is 0 Å². The van der Waals surface area contributed by atoms with Crippen LogP contribution in [0, 0.1) is 11.6 Å². The molecule has 0 spiro atoms. The van der Waals surface area contributed by atoms with E-state index < -0.39 is 0 Å². The number of anilines is 5. The van der Waals surface area contributed by atoms with E-state index in [1.165, 1.54) is 24.3 Å². The van der Waals surface area contributed by atoms with Crippen LogP contribution in [0.3, 0.4) is 0 Å². The summed E-state index contributed by atoms with van der Waals surface area (Å²) in [5, 5.41) is 4.53. The smallest absolute Gasteiger partial charge is 0.123 e. The van der Waals surface area contributed by atoms with E-state index in [4.69, 9.17) is 0 Å². The first-order valence-corrected chi connectivity index (χ1v) is 22.4. The van der Waals surface area contributed by atoms with Gasteiger partial charge in [-0.2, -0.15) is 0 Å². The first kappa shape index (κ1) is 39.1. The van der Waals surface area contributed by atoms with Gasteiger partial charge in [0.1, 0.15) is 11.6 Å². The number of para-hydroxylation sites is 3. The van der Waals surface area contributed by atoms with E-state index in [0.717, 1.165) is 113 Å². The maximum Gasteiger partial charge on any atom is 0.123 e. The van der Waals surface area contributed by atoms with Gasteiger partial charge in [-0.15, -0.1) is 0 Å². The Kier molecular flexibility index (Phi) is 9.64. The number of allylic oxidation sites excluding steroid dienone is 3. The summed E-state index contributed by atoms with van der Waals surface area (Å²) >= 11 is 0. The highest BCUT2D eigenvalue weighted by atomic mass is 19.1. The Morgan fingerprint density at radius 3 is 1.27 bits per heavy atom. The molecule has 0 amide bonds. The van der Waals surface area contributed by atoms with Crippen LogP contribution in [0.15, 0.2) is 236 Å². The molecule has 0 radical (unpaired) electrons. The van der Waals surface area contributed by atoms with Crippen LogP contribution >= 0.6 is 0 Å². The molecule has 6 heteroatoms. The van der Waals surface area contributed by atoms with Gasteiger partial charge in [-0.1, -0.05) is 91.0 Å². The fraction of sp³-hybridized carbons (Fsp3) is 0.0333. The van der Waals surface area contributed by atoms with Crippen LogP contribution in [0.4, 0.5) is 37.2 Å². The zero-order chi connectivity index (χ0) is 44.1. The highest BCUT2D eigenvalue weighted by molar-refractivity contribution is 6.12. The predicted octanol–water partition coefficient (Wildman–Crippen LogP) is 16.7. The Hall–Kier alpha value is -8.48. The van der Waals surface area contributed by atoms with Gasteiger partial charge in [-0.05, 0) is 164 Å². The van der Waals surface area contributed by atoms with Crippen molar-refractivity contribution in [3.05, 3.63) is 248 Å². The molecule has 2 aromatic heterocycles. The number of nitrogens with zero attached hydrogens (tertiary/aromatic N) is 4. The highest BCUT2D eigenvalue weighted by Crippen LogP contribution is 2.42. The number of fused-ring (bicyclic) bond motifs is 6. The zero-order valence-electron chi connectivity index (χ0n) is 35.9. The number of aromatic nitrogens is 2. The summed E-state index contributed by atoms with van der Waals surface area (Å²) < 4.78 is 32.4. The van der Waals surface area contributed by atoms with E-state index >= 15 is 0 Å². The normalized spacial score (nSPS) is 12.6. The fourth-order valence-corrected chi connectivity index (χ4v) is 9.78. The number of hydrogen-bond acceptors (Lipinski definition) is 2. The molecule has 2 heterocycles. The van der Waals surface area contributed by atoms with Crippen LogP contribution in [0.2, 0.25) is 0 Å². The molecule has 66 heavy (non-hydrogen) atoms. The SMILES string of the molecule is Fc1ccc(-n2c3ccccc3c3cc(N(C4=CCCC=C4)c4ccc(-c5ccc(N(c6ccccc6)c6ccc7c(c6)c6ccccc6n7-c6ccc(F)cc6)cc5)cc4)ccc32)cc1. The quantitative estimate of drug-likeness (QED) is 0.144. The van der Waals surface area contributed by atoms with E-state index in [9.17, 15) is 8.78 Å². The molecule has 0 saturated heterocycles. The van der Waals surface area contributed by atoms with Gasteiger partial charge in [0, 0.05) is 67.1 Å². The number of rotatable bonds is 9. The summed E-state index contributed by atoms with van der Waals surface area (Å²) in [6.07, 6.45) is 8.79. The minimum absolute atomic E-state index is 0.250. The minimum Gasteiger partial charge on any atom is -0.311 e. The van der Waals surface area contributed by atoms with Crippen molar-refractivity contribution in [2.24, 2.45) is 0 Å². The summed E-state index contributed by atoms with van der Waals surface area (Å²) in [5.41, 5.74) is 14.8. The van der Waals surface area contributed by atoms with E-state index in [-0.39, 0.29) is 11.6 Å². The van der Waals surface area contributed by atoms with E-state index in [2.05, 4.69) is 189 Å². The Bertz CT molecular complexity index is 3640. The number of benzene rings is 9. The molecule has 1 aliphatic carbocycles. The summed E-state index contributed by atoms with van der Waals surface area (Å²) in [7, 11) is 0. The fourth-order valence-electron chi connectivity index (χ4n) is 9.78. The van der Waals surface area contributed by atoms with Crippen LogP contribution in [-0.2, 0) is 0 Å². The van der Waals surface area contributed by atoms with Crippen LogP contribution < -0.4 is 9.80 Å². The maximum absolute atomic E-state index is 14.0. The molecule has 0 bridgehead atoms. The van der Waals surface area contributed by atoms with Crippen molar-refractivity contribution >= 4 is 72.0 Å².